The molecule has 7 rings (SSSR count). The molecule has 0 bridgehead atoms. The number of benzene rings is 3. The molecule has 2 aliphatic heterocycles. The van der Waals surface area contributed by atoms with Crippen LogP contribution in [0.3, 0.4) is 0 Å². The van der Waals surface area contributed by atoms with Crippen molar-refractivity contribution in [1.29, 1.82) is 0 Å². The number of carbonyl (C=O) groups excluding carboxylic acids is 1. The molecule has 182 valence electrons. The predicted octanol–water partition coefficient (Wildman–Crippen LogP) is 4.18. The summed E-state index contributed by atoms with van der Waals surface area (Å²) < 4.78 is 13.2. The number of aromatic hydroxyl groups is 2. The summed E-state index contributed by atoms with van der Waals surface area (Å²) in [6.07, 6.45) is 0.526. The lowest BCUT2D eigenvalue weighted by atomic mass is 9.84. The highest BCUT2D eigenvalue weighted by atomic mass is 16.5. The molecule has 0 unspecified atom stereocenters. The molecule has 8 heteroatoms. The minimum absolute atomic E-state index is 0.0381. The van der Waals surface area contributed by atoms with Crippen LogP contribution in [0.1, 0.15) is 29.0 Å². The van der Waals surface area contributed by atoms with E-state index in [4.69, 9.17) is 9.15 Å². The topological polar surface area (TPSA) is 119 Å². The Morgan fingerprint density at radius 3 is 2.54 bits per heavy atom. The second-order valence-electron chi connectivity index (χ2n) is 9.38. The van der Waals surface area contributed by atoms with E-state index in [1.54, 1.807) is 34.9 Å². The molecule has 8 nitrogen and oxygen atoms in total. The van der Waals surface area contributed by atoms with Crippen molar-refractivity contribution in [1.82, 2.24) is 4.57 Å². The maximum absolute atomic E-state index is 13.7. The van der Waals surface area contributed by atoms with E-state index in [-0.39, 0.29) is 40.0 Å². The largest absolute Gasteiger partial charge is 0.504 e. The van der Waals surface area contributed by atoms with Gasteiger partial charge in [-0.25, -0.2) is 0 Å². The number of aromatic nitrogens is 1. The van der Waals surface area contributed by atoms with Crippen molar-refractivity contribution in [3.8, 4) is 28.6 Å². The van der Waals surface area contributed by atoms with Gasteiger partial charge in [-0.2, -0.15) is 0 Å². The number of hydrogen-bond acceptors (Lipinski definition) is 7. The van der Waals surface area contributed by atoms with Crippen molar-refractivity contribution in [3.05, 3.63) is 97.9 Å². The number of phenols is 2. The summed E-state index contributed by atoms with van der Waals surface area (Å²) in [5.74, 6) is -3.11. The Morgan fingerprint density at radius 2 is 1.73 bits per heavy atom. The van der Waals surface area contributed by atoms with Crippen LogP contribution in [0, 0.1) is 0 Å². The zero-order valence-electron chi connectivity index (χ0n) is 19.4. The molecular weight excluding hydrogens is 474 g/mol. The first-order valence-electron chi connectivity index (χ1n) is 11.9. The number of hydrogen-bond donors (Lipinski definition) is 2. The third kappa shape index (κ3) is 2.99. The molecule has 4 heterocycles. The zero-order valence-corrected chi connectivity index (χ0v) is 19.4. The molecule has 0 amide bonds. The maximum atomic E-state index is 13.7. The van der Waals surface area contributed by atoms with E-state index < -0.39 is 28.8 Å². The Hall–Kier alpha value is -4.85. The predicted molar refractivity (Wildman–Crippen MR) is 135 cm³/mol. The number of esters is 1. The molecule has 0 saturated heterocycles. The Bertz CT molecular complexity index is 1920. The van der Waals surface area contributed by atoms with Gasteiger partial charge in [0, 0.05) is 29.7 Å². The average Bonchev–Trinajstić information content (AvgIpc) is 3.35. The van der Waals surface area contributed by atoms with E-state index in [1.165, 1.54) is 6.07 Å². The van der Waals surface area contributed by atoms with E-state index in [9.17, 15) is 24.6 Å². The van der Waals surface area contributed by atoms with Crippen molar-refractivity contribution in [3.63, 3.8) is 0 Å². The second kappa shape index (κ2) is 7.57. The Labute approximate surface area is 208 Å². The third-order valence-electron chi connectivity index (χ3n) is 7.31. The highest BCUT2D eigenvalue weighted by Crippen LogP contribution is 2.52. The Balaban J connectivity index is 1.58. The van der Waals surface area contributed by atoms with Crippen molar-refractivity contribution in [2.75, 3.05) is 0 Å². The van der Waals surface area contributed by atoms with Crippen LogP contribution in [0.25, 0.3) is 33.2 Å². The normalized spacial score (nSPS) is 16.2. The van der Waals surface area contributed by atoms with Crippen LogP contribution >= 0.6 is 0 Å². The molecule has 2 N–H and O–H groups in total. The summed E-state index contributed by atoms with van der Waals surface area (Å²) in [4.78, 5) is 39.6. The van der Waals surface area contributed by atoms with Gasteiger partial charge in [-0.15, -0.1) is 0 Å². The van der Waals surface area contributed by atoms with Crippen LogP contribution in [-0.4, -0.2) is 20.7 Å². The van der Waals surface area contributed by atoms with Gasteiger partial charge in [0.15, 0.2) is 16.9 Å². The van der Waals surface area contributed by atoms with Gasteiger partial charge in [-0.3, -0.25) is 14.4 Å². The number of carbonyl (C=O) groups is 1. The molecule has 2 aromatic heterocycles. The van der Waals surface area contributed by atoms with E-state index in [2.05, 4.69) is 0 Å². The fourth-order valence-electron chi connectivity index (χ4n) is 5.66. The minimum Gasteiger partial charge on any atom is -0.504 e. The summed E-state index contributed by atoms with van der Waals surface area (Å²) in [7, 11) is 0. The lowest BCUT2D eigenvalue weighted by molar-refractivity contribution is -0.135. The molecule has 37 heavy (non-hydrogen) atoms. The van der Waals surface area contributed by atoms with Crippen molar-refractivity contribution < 1.29 is 24.2 Å². The van der Waals surface area contributed by atoms with Crippen LogP contribution in [0.15, 0.2) is 74.7 Å². The minimum atomic E-state index is -0.871. The number of phenolic OH excluding ortho intramolecular Hbond substituents is 2. The van der Waals surface area contributed by atoms with Gasteiger partial charge < -0.3 is 23.9 Å². The number of aryl methyl sites for hydroxylation is 2. The summed E-state index contributed by atoms with van der Waals surface area (Å²) in [5.41, 5.74) is 2.20. The lowest BCUT2D eigenvalue weighted by Crippen LogP contribution is -2.29. The molecule has 5 aromatic rings. The number of pyridine rings is 1. The lowest BCUT2D eigenvalue weighted by Gasteiger charge is -2.27. The summed E-state index contributed by atoms with van der Waals surface area (Å²) in [6, 6.07) is 17.8. The van der Waals surface area contributed by atoms with Crippen molar-refractivity contribution in [2.24, 2.45) is 0 Å². The molecule has 0 fully saturated rings. The number of fused-ring (bicyclic) bond motifs is 3. The average molecular weight is 493 g/mol. The van der Waals surface area contributed by atoms with Crippen LogP contribution in [0.4, 0.5) is 0 Å². The standard InChI is InChI=1S/C29H19NO7/c31-19-13-20(14-5-2-1-3-6-14)36-27-22-17(12-21(32)37-28(22)26(34)25(33)23(19)27)18-11-16-8-4-7-15-9-10-30(24(15)16)29(18)35/h1-8,11,13,17,33-34H,9-10,12H2/t17-/m1/s1. The maximum Gasteiger partial charge on any atom is 0.312 e. The SMILES string of the molecule is O=C1C[C@H](c2cc3cccc4c3n(c2=O)CC4)c2c(c(O)c(O)c3c(=O)cc(-c4ccccc4)oc23)O1. The van der Waals surface area contributed by atoms with E-state index >= 15 is 0 Å². The highest BCUT2D eigenvalue weighted by molar-refractivity contribution is 5.96. The van der Waals surface area contributed by atoms with Crippen molar-refractivity contribution >= 4 is 27.8 Å². The van der Waals surface area contributed by atoms with Gasteiger partial charge >= 0.3 is 5.97 Å². The van der Waals surface area contributed by atoms with Gasteiger partial charge in [-0.05, 0) is 23.4 Å². The third-order valence-corrected chi connectivity index (χ3v) is 7.31. The van der Waals surface area contributed by atoms with Crippen LogP contribution in [-0.2, 0) is 17.8 Å². The van der Waals surface area contributed by atoms with Crippen LogP contribution < -0.4 is 15.7 Å². The highest BCUT2D eigenvalue weighted by Gasteiger charge is 2.38. The molecule has 0 spiro atoms. The number of ether oxygens (including phenoxy) is 1. The first kappa shape index (κ1) is 21.4. The number of para-hydroxylation sites is 1. The summed E-state index contributed by atoms with van der Waals surface area (Å²) >= 11 is 0. The quantitative estimate of drug-likeness (QED) is 0.215. The molecule has 0 saturated carbocycles. The fraction of sp³-hybridized carbons (Fsp3) is 0.138. The first-order chi connectivity index (χ1) is 17.9. The second-order valence-corrected chi connectivity index (χ2v) is 9.38. The van der Waals surface area contributed by atoms with Gasteiger partial charge in [0.2, 0.25) is 5.75 Å². The summed E-state index contributed by atoms with van der Waals surface area (Å²) in [6.45, 7) is 0.515. The molecule has 1 atom stereocenters. The smallest absolute Gasteiger partial charge is 0.312 e. The van der Waals surface area contributed by atoms with Crippen LogP contribution in [0.2, 0.25) is 0 Å². The van der Waals surface area contributed by atoms with E-state index in [1.807, 2.05) is 24.3 Å². The van der Waals surface area contributed by atoms with Gasteiger partial charge in [-0.1, -0.05) is 48.5 Å². The van der Waals surface area contributed by atoms with Crippen LogP contribution in [0.5, 0.6) is 17.2 Å². The molecule has 2 aliphatic rings. The molecular formula is C29H19NO7. The molecule has 0 aliphatic carbocycles. The fourth-order valence-corrected chi connectivity index (χ4v) is 5.66. The Kier molecular flexibility index (Phi) is 4.39. The Morgan fingerprint density at radius 1 is 0.919 bits per heavy atom. The van der Waals surface area contributed by atoms with E-state index in [0.29, 0.717) is 17.7 Å². The van der Waals surface area contributed by atoms with Gasteiger partial charge in [0.25, 0.3) is 5.56 Å². The summed E-state index contributed by atoms with van der Waals surface area (Å²) in [5, 5.41) is 22.1. The molecule has 0 radical (unpaired) electrons. The van der Waals surface area contributed by atoms with Crippen molar-refractivity contribution in [2.45, 2.75) is 25.3 Å². The van der Waals surface area contributed by atoms with E-state index in [0.717, 1.165) is 22.9 Å². The van der Waals surface area contributed by atoms with Gasteiger partial charge in [0.05, 0.1) is 17.5 Å². The monoisotopic (exact) mass is 493 g/mol. The zero-order chi connectivity index (χ0) is 25.4. The molecule has 3 aromatic carbocycles. The van der Waals surface area contributed by atoms with Gasteiger partial charge in [0.1, 0.15) is 16.7 Å². The first-order valence-corrected chi connectivity index (χ1v) is 11.9. The number of nitrogens with zero attached hydrogens (tertiary/aromatic N) is 1. The number of rotatable bonds is 2.